The lowest BCUT2D eigenvalue weighted by Gasteiger charge is -2.28. The molecule has 1 saturated heterocycles. The molecule has 5 heteroatoms. The minimum atomic E-state index is 0.250. The number of aromatic nitrogens is 3. The molecule has 0 aromatic carbocycles. The van der Waals surface area contributed by atoms with E-state index in [0.29, 0.717) is 0 Å². The Morgan fingerprint density at radius 2 is 2.24 bits per heavy atom. The van der Waals surface area contributed by atoms with Gasteiger partial charge in [-0.15, -0.1) is 0 Å². The van der Waals surface area contributed by atoms with Crippen molar-refractivity contribution in [3.63, 3.8) is 0 Å². The minimum absolute atomic E-state index is 0.250. The van der Waals surface area contributed by atoms with Gasteiger partial charge < -0.3 is 0 Å². The van der Waals surface area contributed by atoms with Crippen molar-refractivity contribution in [2.45, 2.75) is 39.3 Å². The molecular formula is C12H19N5. The number of likely N-dealkylation sites (tertiary alicyclic amines) is 1. The predicted molar refractivity (Wildman–Crippen MR) is 63.9 cm³/mol. The summed E-state index contributed by atoms with van der Waals surface area (Å²) in [5, 5.41) is 13.1. The summed E-state index contributed by atoms with van der Waals surface area (Å²) in [4.78, 5) is 6.68. The van der Waals surface area contributed by atoms with Gasteiger partial charge in [0.2, 0.25) is 0 Å². The van der Waals surface area contributed by atoms with Crippen LogP contribution in [-0.4, -0.2) is 32.8 Å². The molecule has 1 aromatic heterocycles. The van der Waals surface area contributed by atoms with Crippen LogP contribution in [-0.2, 0) is 13.1 Å². The van der Waals surface area contributed by atoms with Crippen molar-refractivity contribution in [3.8, 4) is 6.07 Å². The molecule has 0 N–H and O–H groups in total. The summed E-state index contributed by atoms with van der Waals surface area (Å²) in [6, 6.07) is 2.36. The van der Waals surface area contributed by atoms with Crippen LogP contribution >= 0.6 is 0 Å². The maximum atomic E-state index is 8.85. The molecule has 1 fully saturated rings. The van der Waals surface area contributed by atoms with Crippen LogP contribution in [0.25, 0.3) is 0 Å². The lowest BCUT2D eigenvalue weighted by Crippen LogP contribution is -2.33. The molecule has 0 radical (unpaired) electrons. The minimum Gasteiger partial charge on any atom is -0.296 e. The van der Waals surface area contributed by atoms with E-state index in [1.165, 1.54) is 0 Å². The molecule has 17 heavy (non-hydrogen) atoms. The van der Waals surface area contributed by atoms with Crippen LogP contribution in [0.3, 0.4) is 0 Å². The fraction of sp³-hybridized carbons (Fsp3) is 0.750. The lowest BCUT2D eigenvalue weighted by molar-refractivity contribution is 0.190. The van der Waals surface area contributed by atoms with Crippen LogP contribution in [0.4, 0.5) is 0 Å². The maximum absolute atomic E-state index is 8.85. The van der Waals surface area contributed by atoms with Gasteiger partial charge in [0.25, 0.3) is 0 Å². The fourth-order valence-electron chi connectivity index (χ4n) is 2.23. The number of piperidine rings is 1. The van der Waals surface area contributed by atoms with Crippen LogP contribution in [0.5, 0.6) is 0 Å². The highest BCUT2D eigenvalue weighted by molar-refractivity contribution is 4.90. The zero-order valence-corrected chi connectivity index (χ0v) is 10.3. The third-order valence-electron chi connectivity index (χ3n) is 3.27. The van der Waals surface area contributed by atoms with Gasteiger partial charge in [0.05, 0.1) is 12.6 Å². The predicted octanol–water partition coefficient (Wildman–Crippen LogP) is 1.42. The van der Waals surface area contributed by atoms with E-state index in [9.17, 15) is 0 Å². The molecule has 0 bridgehead atoms. The summed E-state index contributed by atoms with van der Waals surface area (Å²) in [7, 11) is 0. The SMILES string of the molecule is CCCn1ncnc1CN1CCC(C#N)CC1. The van der Waals surface area contributed by atoms with Crippen molar-refractivity contribution in [2.75, 3.05) is 13.1 Å². The molecule has 0 aliphatic carbocycles. The number of nitriles is 1. The quantitative estimate of drug-likeness (QED) is 0.789. The smallest absolute Gasteiger partial charge is 0.141 e. The van der Waals surface area contributed by atoms with Gasteiger partial charge in [0.15, 0.2) is 0 Å². The number of nitrogens with zero attached hydrogens (tertiary/aromatic N) is 5. The topological polar surface area (TPSA) is 57.7 Å². The van der Waals surface area contributed by atoms with Gasteiger partial charge >= 0.3 is 0 Å². The first-order valence-corrected chi connectivity index (χ1v) is 6.32. The van der Waals surface area contributed by atoms with Crippen LogP contribution in [0.15, 0.2) is 6.33 Å². The molecule has 92 valence electrons. The molecule has 0 atom stereocenters. The lowest BCUT2D eigenvalue weighted by atomic mass is 9.99. The van der Waals surface area contributed by atoms with E-state index in [1.54, 1.807) is 6.33 Å². The monoisotopic (exact) mass is 233 g/mol. The summed E-state index contributed by atoms with van der Waals surface area (Å²) < 4.78 is 1.98. The van der Waals surface area contributed by atoms with Gasteiger partial charge in [-0.2, -0.15) is 10.4 Å². The molecule has 1 aliphatic rings. The van der Waals surface area contributed by atoms with Gasteiger partial charge in [-0.1, -0.05) is 6.92 Å². The largest absolute Gasteiger partial charge is 0.296 e. The number of hydrogen-bond donors (Lipinski definition) is 0. The first-order valence-electron chi connectivity index (χ1n) is 6.32. The molecule has 5 nitrogen and oxygen atoms in total. The standard InChI is InChI=1S/C12H19N5/c1-2-5-17-12(14-10-15-17)9-16-6-3-11(8-13)4-7-16/h10-11H,2-7,9H2,1H3. The average molecular weight is 233 g/mol. The Bertz CT molecular complexity index is 384. The zero-order valence-electron chi connectivity index (χ0n) is 10.3. The Kier molecular flexibility index (Phi) is 4.10. The van der Waals surface area contributed by atoms with E-state index in [0.717, 1.165) is 51.3 Å². The highest BCUT2D eigenvalue weighted by atomic mass is 15.3. The third kappa shape index (κ3) is 3.04. The third-order valence-corrected chi connectivity index (χ3v) is 3.27. The Morgan fingerprint density at radius 3 is 2.88 bits per heavy atom. The molecule has 2 heterocycles. The van der Waals surface area contributed by atoms with Crippen LogP contribution < -0.4 is 0 Å². The van der Waals surface area contributed by atoms with E-state index in [1.807, 2.05) is 4.68 Å². The molecular weight excluding hydrogens is 214 g/mol. The summed E-state index contributed by atoms with van der Waals surface area (Å²) in [5.41, 5.74) is 0. The van der Waals surface area contributed by atoms with E-state index in [4.69, 9.17) is 5.26 Å². The molecule has 0 spiro atoms. The second-order valence-electron chi connectivity index (χ2n) is 4.58. The first-order chi connectivity index (χ1) is 8.33. The van der Waals surface area contributed by atoms with Crippen molar-refractivity contribution in [1.29, 1.82) is 5.26 Å². The highest BCUT2D eigenvalue weighted by Crippen LogP contribution is 2.17. The normalized spacial score (nSPS) is 18.1. The van der Waals surface area contributed by atoms with Crippen LogP contribution in [0.2, 0.25) is 0 Å². The van der Waals surface area contributed by atoms with Crippen molar-refractivity contribution in [1.82, 2.24) is 19.7 Å². The number of aryl methyl sites for hydroxylation is 1. The Hall–Kier alpha value is -1.41. The molecule has 0 amide bonds. The van der Waals surface area contributed by atoms with E-state index < -0.39 is 0 Å². The van der Waals surface area contributed by atoms with Crippen molar-refractivity contribution < 1.29 is 0 Å². The maximum Gasteiger partial charge on any atom is 0.141 e. The summed E-state index contributed by atoms with van der Waals surface area (Å²) in [5.74, 6) is 1.29. The van der Waals surface area contributed by atoms with Crippen molar-refractivity contribution in [3.05, 3.63) is 12.2 Å². The van der Waals surface area contributed by atoms with Crippen LogP contribution in [0.1, 0.15) is 32.0 Å². The van der Waals surface area contributed by atoms with Gasteiger partial charge in [-0.05, 0) is 32.4 Å². The highest BCUT2D eigenvalue weighted by Gasteiger charge is 2.19. The van der Waals surface area contributed by atoms with Crippen LogP contribution in [0, 0.1) is 17.2 Å². The van der Waals surface area contributed by atoms with Crippen molar-refractivity contribution >= 4 is 0 Å². The van der Waals surface area contributed by atoms with Gasteiger partial charge in [0.1, 0.15) is 12.2 Å². The average Bonchev–Trinajstić information content (AvgIpc) is 2.78. The second-order valence-corrected chi connectivity index (χ2v) is 4.58. The van der Waals surface area contributed by atoms with E-state index in [-0.39, 0.29) is 5.92 Å². The first kappa shape index (κ1) is 12.1. The Balaban J connectivity index is 1.89. The second kappa shape index (κ2) is 5.78. The van der Waals surface area contributed by atoms with E-state index in [2.05, 4.69) is 28.0 Å². The van der Waals surface area contributed by atoms with Gasteiger partial charge in [-0.25, -0.2) is 9.67 Å². The summed E-state index contributed by atoms with van der Waals surface area (Å²) in [6.07, 6.45) is 4.68. The van der Waals surface area contributed by atoms with Crippen molar-refractivity contribution in [2.24, 2.45) is 5.92 Å². The molecule has 0 saturated carbocycles. The molecule has 1 aliphatic heterocycles. The molecule has 0 unspecified atom stereocenters. The fourth-order valence-corrected chi connectivity index (χ4v) is 2.23. The molecule has 1 aromatic rings. The van der Waals surface area contributed by atoms with E-state index >= 15 is 0 Å². The number of hydrogen-bond acceptors (Lipinski definition) is 4. The van der Waals surface area contributed by atoms with Gasteiger partial charge in [-0.3, -0.25) is 4.90 Å². The zero-order chi connectivity index (χ0) is 12.1. The Labute approximate surface area is 102 Å². The summed E-state index contributed by atoms with van der Waals surface area (Å²) >= 11 is 0. The number of rotatable bonds is 4. The summed E-state index contributed by atoms with van der Waals surface area (Å²) in [6.45, 7) is 5.93. The molecule has 2 rings (SSSR count). The Morgan fingerprint density at radius 1 is 1.47 bits per heavy atom. The van der Waals surface area contributed by atoms with Gasteiger partial charge in [0, 0.05) is 12.5 Å².